The summed E-state index contributed by atoms with van der Waals surface area (Å²) in [6.07, 6.45) is 0.811. The molecule has 4 nitrogen and oxygen atoms in total. The van der Waals surface area contributed by atoms with Crippen molar-refractivity contribution in [3.63, 3.8) is 0 Å². The highest BCUT2D eigenvalue weighted by Gasteiger charge is 2.11. The largest absolute Gasteiger partial charge is 0.391 e. The molecule has 17 heavy (non-hydrogen) atoms. The first kappa shape index (κ1) is 13.5. The zero-order chi connectivity index (χ0) is 12.8. The maximum atomic E-state index is 11.2. The zero-order valence-corrected chi connectivity index (χ0v) is 10.6. The van der Waals surface area contributed by atoms with E-state index in [9.17, 15) is 4.79 Å². The van der Waals surface area contributed by atoms with E-state index in [4.69, 9.17) is 22.2 Å². The van der Waals surface area contributed by atoms with Gasteiger partial charge in [0.15, 0.2) is 0 Å². The van der Waals surface area contributed by atoms with Gasteiger partial charge in [-0.3, -0.25) is 4.79 Å². The average molecular weight is 255 g/mol. The van der Waals surface area contributed by atoms with Crippen molar-refractivity contribution in [1.29, 1.82) is 0 Å². The van der Waals surface area contributed by atoms with Gasteiger partial charge in [-0.1, -0.05) is 29.7 Å². The maximum Gasteiger partial charge on any atom is 0.249 e. The van der Waals surface area contributed by atoms with E-state index in [2.05, 4.69) is 5.16 Å². The molecule has 92 valence electrons. The van der Waals surface area contributed by atoms with Gasteiger partial charge in [-0.15, -0.1) is 0 Å². The van der Waals surface area contributed by atoms with Gasteiger partial charge >= 0.3 is 0 Å². The summed E-state index contributed by atoms with van der Waals surface area (Å²) in [5.74, 6) is -0.526. The number of primary amides is 1. The van der Waals surface area contributed by atoms with Crippen LogP contribution in [0.2, 0.25) is 5.02 Å². The lowest BCUT2D eigenvalue weighted by Crippen LogP contribution is -2.14. The second-order valence-corrected chi connectivity index (χ2v) is 3.99. The average Bonchev–Trinajstić information content (AvgIpc) is 2.30. The molecule has 0 heterocycles. The van der Waals surface area contributed by atoms with Gasteiger partial charge in [0.05, 0.1) is 5.71 Å². The number of amides is 1. The third-order valence-corrected chi connectivity index (χ3v) is 2.68. The number of hydrogen-bond donors (Lipinski definition) is 1. The standard InChI is InChI=1S/C12H15ClN2O2/c1-3-8(2)15-17-7-10-9(12(14)16)5-4-6-11(10)13/h4-6H,3,7H2,1-2H3,(H2,14,16). The van der Waals surface area contributed by atoms with E-state index in [1.165, 1.54) is 0 Å². The van der Waals surface area contributed by atoms with Crippen LogP contribution in [0.4, 0.5) is 0 Å². The first-order valence-corrected chi connectivity index (χ1v) is 5.66. The third kappa shape index (κ3) is 3.75. The van der Waals surface area contributed by atoms with Crippen LogP contribution in [0.1, 0.15) is 36.2 Å². The number of nitrogens with two attached hydrogens (primary N) is 1. The normalized spacial score (nSPS) is 11.4. The van der Waals surface area contributed by atoms with Gasteiger partial charge in [0.2, 0.25) is 5.91 Å². The SMILES string of the molecule is CCC(C)=NOCc1c(Cl)cccc1C(N)=O. The quantitative estimate of drug-likeness (QED) is 0.649. The van der Waals surface area contributed by atoms with Gasteiger partial charge in [0.1, 0.15) is 6.61 Å². The van der Waals surface area contributed by atoms with Crippen LogP contribution in [-0.2, 0) is 11.4 Å². The molecule has 0 fully saturated rings. The molecule has 0 radical (unpaired) electrons. The Balaban J connectivity index is 2.86. The molecule has 1 aromatic rings. The molecule has 0 atom stereocenters. The lowest BCUT2D eigenvalue weighted by molar-refractivity contribution is 0.0988. The predicted octanol–water partition coefficient (Wildman–Crippen LogP) is 2.74. The molecule has 0 spiro atoms. The minimum Gasteiger partial charge on any atom is -0.391 e. The number of benzene rings is 1. The van der Waals surface area contributed by atoms with Gasteiger partial charge in [0, 0.05) is 16.1 Å². The van der Waals surface area contributed by atoms with E-state index in [-0.39, 0.29) is 6.61 Å². The summed E-state index contributed by atoms with van der Waals surface area (Å²) in [6.45, 7) is 3.98. The van der Waals surface area contributed by atoms with E-state index < -0.39 is 5.91 Å². The number of hydrogen-bond acceptors (Lipinski definition) is 3. The van der Waals surface area contributed by atoms with Crippen LogP contribution in [-0.4, -0.2) is 11.6 Å². The van der Waals surface area contributed by atoms with Crippen LogP contribution in [0, 0.1) is 0 Å². The first-order chi connectivity index (χ1) is 8.06. The Hall–Kier alpha value is -1.55. The summed E-state index contributed by atoms with van der Waals surface area (Å²) in [5, 5.41) is 4.34. The summed E-state index contributed by atoms with van der Waals surface area (Å²) in [4.78, 5) is 16.3. The number of carbonyl (C=O) groups is 1. The first-order valence-electron chi connectivity index (χ1n) is 5.28. The number of halogens is 1. The second kappa shape index (κ2) is 6.25. The molecule has 0 saturated carbocycles. The van der Waals surface area contributed by atoms with E-state index in [0.29, 0.717) is 16.1 Å². The van der Waals surface area contributed by atoms with Crippen LogP contribution in [0.3, 0.4) is 0 Å². The zero-order valence-electron chi connectivity index (χ0n) is 9.87. The van der Waals surface area contributed by atoms with Crippen molar-refractivity contribution in [3.05, 3.63) is 34.3 Å². The molecule has 2 N–H and O–H groups in total. The van der Waals surface area contributed by atoms with E-state index in [1.807, 2.05) is 13.8 Å². The Labute approximate surface area is 105 Å². The molecule has 1 rings (SSSR count). The highest BCUT2D eigenvalue weighted by atomic mass is 35.5. The molecule has 0 unspecified atom stereocenters. The number of rotatable bonds is 5. The Morgan fingerprint density at radius 3 is 2.82 bits per heavy atom. The Kier molecular flexibility index (Phi) is 4.97. The Bertz CT molecular complexity index is 444. The Morgan fingerprint density at radius 1 is 1.53 bits per heavy atom. The summed E-state index contributed by atoms with van der Waals surface area (Å²) in [7, 11) is 0. The number of oxime groups is 1. The molecule has 0 aliphatic carbocycles. The van der Waals surface area contributed by atoms with Gasteiger partial charge in [-0.05, 0) is 25.5 Å². The van der Waals surface area contributed by atoms with Crippen LogP contribution in [0.5, 0.6) is 0 Å². The van der Waals surface area contributed by atoms with Gasteiger partial charge < -0.3 is 10.6 Å². The molecule has 0 aromatic heterocycles. The predicted molar refractivity (Wildman–Crippen MR) is 68.2 cm³/mol. The van der Waals surface area contributed by atoms with Crippen LogP contribution in [0.15, 0.2) is 23.4 Å². The van der Waals surface area contributed by atoms with Crippen molar-refractivity contribution < 1.29 is 9.63 Å². The van der Waals surface area contributed by atoms with E-state index >= 15 is 0 Å². The number of carbonyl (C=O) groups excluding carboxylic acids is 1. The number of nitrogens with zero attached hydrogens (tertiary/aromatic N) is 1. The third-order valence-electron chi connectivity index (χ3n) is 2.33. The molecule has 5 heteroatoms. The summed E-state index contributed by atoms with van der Waals surface area (Å²) in [5.41, 5.74) is 7.05. The minimum absolute atomic E-state index is 0.134. The van der Waals surface area contributed by atoms with Gasteiger partial charge in [-0.25, -0.2) is 0 Å². The van der Waals surface area contributed by atoms with Crippen LogP contribution < -0.4 is 5.73 Å². The molecular formula is C12H15ClN2O2. The van der Waals surface area contributed by atoms with Crippen molar-refractivity contribution in [1.82, 2.24) is 0 Å². The van der Waals surface area contributed by atoms with Crippen molar-refractivity contribution in [2.75, 3.05) is 0 Å². The molecule has 1 aromatic carbocycles. The van der Waals surface area contributed by atoms with Gasteiger partial charge in [0.25, 0.3) is 0 Å². The molecule has 0 aliphatic rings. The maximum absolute atomic E-state index is 11.2. The fourth-order valence-electron chi connectivity index (χ4n) is 1.21. The topological polar surface area (TPSA) is 64.7 Å². The molecule has 1 amide bonds. The van der Waals surface area contributed by atoms with E-state index in [0.717, 1.165) is 12.1 Å². The van der Waals surface area contributed by atoms with Crippen molar-refractivity contribution in [3.8, 4) is 0 Å². The fraction of sp³-hybridized carbons (Fsp3) is 0.333. The Morgan fingerprint density at radius 2 is 2.24 bits per heavy atom. The monoisotopic (exact) mass is 254 g/mol. The summed E-state index contributed by atoms with van der Waals surface area (Å²) >= 11 is 5.99. The van der Waals surface area contributed by atoms with Crippen molar-refractivity contribution in [2.45, 2.75) is 26.9 Å². The minimum atomic E-state index is -0.526. The molecule has 0 saturated heterocycles. The van der Waals surface area contributed by atoms with Crippen LogP contribution in [0.25, 0.3) is 0 Å². The summed E-state index contributed by atoms with van der Waals surface area (Å²) < 4.78 is 0. The van der Waals surface area contributed by atoms with Gasteiger partial charge in [-0.2, -0.15) is 0 Å². The van der Waals surface area contributed by atoms with E-state index in [1.54, 1.807) is 18.2 Å². The molecular weight excluding hydrogens is 240 g/mol. The lowest BCUT2D eigenvalue weighted by Gasteiger charge is -2.07. The fourth-order valence-corrected chi connectivity index (χ4v) is 1.44. The molecule has 0 aliphatic heterocycles. The second-order valence-electron chi connectivity index (χ2n) is 3.58. The molecule has 0 bridgehead atoms. The lowest BCUT2D eigenvalue weighted by atomic mass is 10.1. The summed E-state index contributed by atoms with van der Waals surface area (Å²) in [6, 6.07) is 4.97. The highest BCUT2D eigenvalue weighted by molar-refractivity contribution is 6.31. The van der Waals surface area contributed by atoms with Crippen molar-refractivity contribution >= 4 is 23.2 Å². The van der Waals surface area contributed by atoms with Crippen molar-refractivity contribution in [2.24, 2.45) is 10.9 Å². The van der Waals surface area contributed by atoms with Crippen LogP contribution >= 0.6 is 11.6 Å². The smallest absolute Gasteiger partial charge is 0.249 e. The highest BCUT2D eigenvalue weighted by Crippen LogP contribution is 2.20.